The minimum Gasteiger partial charge on any atom is -0.466 e. The van der Waals surface area contributed by atoms with Gasteiger partial charge in [-0.05, 0) is 25.2 Å². The van der Waals surface area contributed by atoms with Crippen LogP contribution in [-0.4, -0.2) is 32.0 Å². The molecule has 1 rings (SSSR count). The van der Waals surface area contributed by atoms with Crippen LogP contribution in [0.5, 0.6) is 0 Å². The first-order chi connectivity index (χ1) is 7.27. The molecule has 84 valence electrons. The van der Waals surface area contributed by atoms with E-state index in [-0.39, 0.29) is 12.1 Å². The number of hydrogen-bond acceptors (Lipinski definition) is 4. The maximum atomic E-state index is 10.8. The minimum absolute atomic E-state index is 0.146. The van der Waals surface area contributed by atoms with E-state index in [1.165, 1.54) is 32.2 Å². The zero-order valence-corrected chi connectivity index (χ0v) is 8.94. The lowest BCUT2D eigenvalue weighted by atomic mass is 10.1. The van der Waals surface area contributed by atoms with Crippen molar-refractivity contribution in [3.63, 3.8) is 0 Å². The molecule has 0 saturated heterocycles. The molecule has 0 amide bonds. The summed E-state index contributed by atoms with van der Waals surface area (Å²) >= 11 is 0. The number of nitrogens with one attached hydrogen (secondary N) is 1. The Balaban J connectivity index is 2.27. The minimum atomic E-state index is -0.336. The molecule has 0 aromatic heterocycles. The average Bonchev–Trinajstić information content (AvgIpc) is 3.06. The van der Waals surface area contributed by atoms with Gasteiger partial charge in [-0.2, -0.15) is 0 Å². The quantitative estimate of drug-likeness (QED) is 0.395. The SMILES string of the molecule is COC(=O)C=CCC(OCC=N)C1CC1. The summed E-state index contributed by atoms with van der Waals surface area (Å²) in [5.41, 5.74) is 0. The normalized spacial score (nSPS) is 17.7. The van der Waals surface area contributed by atoms with Crippen LogP contribution in [0, 0.1) is 11.3 Å². The van der Waals surface area contributed by atoms with Crippen molar-refractivity contribution in [2.24, 2.45) is 5.92 Å². The van der Waals surface area contributed by atoms with Crippen molar-refractivity contribution in [1.29, 1.82) is 5.41 Å². The monoisotopic (exact) mass is 211 g/mol. The second-order valence-corrected chi connectivity index (χ2v) is 3.57. The van der Waals surface area contributed by atoms with Gasteiger partial charge in [-0.15, -0.1) is 0 Å². The first-order valence-corrected chi connectivity index (χ1v) is 5.13. The van der Waals surface area contributed by atoms with Gasteiger partial charge in [-0.1, -0.05) is 6.08 Å². The molecule has 1 N–H and O–H groups in total. The predicted octanol–water partition coefficient (Wildman–Crippen LogP) is 1.55. The van der Waals surface area contributed by atoms with Crippen LogP contribution in [0.4, 0.5) is 0 Å². The highest BCUT2D eigenvalue weighted by molar-refractivity contribution is 5.81. The molecule has 0 radical (unpaired) electrons. The lowest BCUT2D eigenvalue weighted by Crippen LogP contribution is -2.15. The van der Waals surface area contributed by atoms with Crippen molar-refractivity contribution in [2.75, 3.05) is 13.7 Å². The van der Waals surface area contributed by atoms with E-state index in [1.54, 1.807) is 6.08 Å². The van der Waals surface area contributed by atoms with Crippen molar-refractivity contribution < 1.29 is 14.3 Å². The topological polar surface area (TPSA) is 59.4 Å². The van der Waals surface area contributed by atoms with Gasteiger partial charge in [0.25, 0.3) is 0 Å². The van der Waals surface area contributed by atoms with Gasteiger partial charge in [0, 0.05) is 12.3 Å². The molecule has 4 nitrogen and oxygen atoms in total. The first kappa shape index (κ1) is 11.9. The second kappa shape index (κ2) is 6.35. The molecule has 1 atom stereocenters. The zero-order valence-electron chi connectivity index (χ0n) is 8.94. The van der Waals surface area contributed by atoms with Gasteiger partial charge in [0.05, 0.1) is 19.8 Å². The summed E-state index contributed by atoms with van der Waals surface area (Å²) in [6.07, 6.45) is 7.69. The third kappa shape index (κ3) is 4.74. The molecular weight excluding hydrogens is 194 g/mol. The van der Waals surface area contributed by atoms with Crippen LogP contribution < -0.4 is 0 Å². The number of ether oxygens (including phenoxy) is 2. The largest absolute Gasteiger partial charge is 0.466 e. The van der Waals surface area contributed by atoms with E-state index in [1.807, 2.05) is 0 Å². The van der Waals surface area contributed by atoms with Crippen LogP contribution in [0.1, 0.15) is 19.3 Å². The molecule has 0 heterocycles. The fourth-order valence-electron chi connectivity index (χ4n) is 1.40. The number of esters is 1. The van der Waals surface area contributed by atoms with E-state index in [0.717, 1.165) is 0 Å². The summed E-state index contributed by atoms with van der Waals surface area (Å²) in [6.45, 7) is 0.354. The Bertz CT molecular complexity index is 246. The number of methoxy groups -OCH3 is 1. The highest BCUT2D eigenvalue weighted by Crippen LogP contribution is 2.35. The van der Waals surface area contributed by atoms with E-state index in [2.05, 4.69) is 4.74 Å². The molecule has 0 spiro atoms. The Morgan fingerprint density at radius 3 is 2.87 bits per heavy atom. The number of hydrogen-bond donors (Lipinski definition) is 1. The van der Waals surface area contributed by atoms with Crippen molar-refractivity contribution in [3.05, 3.63) is 12.2 Å². The average molecular weight is 211 g/mol. The molecule has 0 aromatic rings. The van der Waals surface area contributed by atoms with Crippen LogP contribution in [0.2, 0.25) is 0 Å². The number of carbonyl (C=O) groups excluding carboxylic acids is 1. The molecule has 1 unspecified atom stereocenters. The van der Waals surface area contributed by atoms with Crippen molar-refractivity contribution in [1.82, 2.24) is 0 Å². The smallest absolute Gasteiger partial charge is 0.330 e. The fraction of sp³-hybridized carbons (Fsp3) is 0.636. The summed E-state index contributed by atoms with van der Waals surface area (Å²) in [7, 11) is 1.36. The Labute approximate surface area is 89.8 Å². The second-order valence-electron chi connectivity index (χ2n) is 3.57. The van der Waals surface area contributed by atoms with Crippen molar-refractivity contribution in [3.8, 4) is 0 Å². The standard InChI is InChI=1S/C11H17NO3/c1-14-11(13)4-2-3-10(9-5-6-9)15-8-7-12/h2,4,7,9-10,12H,3,5-6,8H2,1H3. The van der Waals surface area contributed by atoms with E-state index in [0.29, 0.717) is 18.9 Å². The van der Waals surface area contributed by atoms with Crippen molar-refractivity contribution >= 4 is 12.2 Å². The van der Waals surface area contributed by atoms with E-state index < -0.39 is 0 Å². The Kier molecular flexibility index (Phi) is 5.04. The van der Waals surface area contributed by atoms with Gasteiger partial charge < -0.3 is 14.9 Å². The van der Waals surface area contributed by atoms with Gasteiger partial charge in [-0.25, -0.2) is 4.79 Å². The number of carbonyl (C=O) groups is 1. The molecule has 1 aliphatic carbocycles. The van der Waals surface area contributed by atoms with Crippen LogP contribution in [-0.2, 0) is 14.3 Å². The third-order valence-electron chi connectivity index (χ3n) is 2.36. The van der Waals surface area contributed by atoms with Gasteiger partial charge in [0.1, 0.15) is 0 Å². The molecule has 15 heavy (non-hydrogen) atoms. The van der Waals surface area contributed by atoms with Crippen LogP contribution in [0.15, 0.2) is 12.2 Å². The maximum absolute atomic E-state index is 10.8. The van der Waals surface area contributed by atoms with E-state index >= 15 is 0 Å². The molecule has 1 saturated carbocycles. The van der Waals surface area contributed by atoms with Gasteiger partial charge in [-0.3, -0.25) is 0 Å². The zero-order chi connectivity index (χ0) is 11.1. The predicted molar refractivity (Wildman–Crippen MR) is 57.0 cm³/mol. The molecule has 0 aliphatic heterocycles. The maximum Gasteiger partial charge on any atom is 0.330 e. The Morgan fingerprint density at radius 1 is 1.60 bits per heavy atom. The molecular formula is C11H17NO3. The lowest BCUT2D eigenvalue weighted by molar-refractivity contribution is -0.134. The summed E-state index contributed by atoms with van der Waals surface area (Å²) in [6, 6.07) is 0. The molecule has 4 heteroatoms. The van der Waals surface area contributed by atoms with Crippen LogP contribution in [0.25, 0.3) is 0 Å². The van der Waals surface area contributed by atoms with E-state index in [4.69, 9.17) is 10.1 Å². The molecule has 0 aromatic carbocycles. The molecule has 1 aliphatic rings. The van der Waals surface area contributed by atoms with E-state index in [9.17, 15) is 4.79 Å². The Morgan fingerprint density at radius 2 is 2.33 bits per heavy atom. The summed E-state index contributed by atoms with van der Waals surface area (Å²) < 4.78 is 9.97. The summed E-state index contributed by atoms with van der Waals surface area (Å²) in [5.74, 6) is 0.267. The van der Waals surface area contributed by atoms with Gasteiger partial charge in [0.2, 0.25) is 0 Å². The summed E-state index contributed by atoms with van der Waals surface area (Å²) in [4.78, 5) is 10.8. The summed E-state index contributed by atoms with van der Waals surface area (Å²) in [5, 5.41) is 6.89. The first-order valence-electron chi connectivity index (χ1n) is 5.13. The molecule has 0 bridgehead atoms. The Hall–Kier alpha value is -1.16. The highest BCUT2D eigenvalue weighted by atomic mass is 16.5. The van der Waals surface area contributed by atoms with Gasteiger partial charge >= 0.3 is 5.97 Å². The fourth-order valence-corrected chi connectivity index (χ4v) is 1.40. The van der Waals surface area contributed by atoms with Gasteiger partial charge in [0.15, 0.2) is 0 Å². The lowest BCUT2D eigenvalue weighted by Gasteiger charge is -2.13. The van der Waals surface area contributed by atoms with Crippen molar-refractivity contribution in [2.45, 2.75) is 25.4 Å². The number of rotatable bonds is 7. The van der Waals surface area contributed by atoms with Crippen LogP contribution >= 0.6 is 0 Å². The van der Waals surface area contributed by atoms with Crippen LogP contribution in [0.3, 0.4) is 0 Å². The highest BCUT2D eigenvalue weighted by Gasteiger charge is 2.30. The molecule has 1 fully saturated rings. The third-order valence-corrected chi connectivity index (χ3v) is 2.36.